The van der Waals surface area contributed by atoms with Crippen LogP contribution in [0.1, 0.15) is 41.3 Å². The molecule has 1 amide bonds. The van der Waals surface area contributed by atoms with Gasteiger partial charge in [0.15, 0.2) is 0 Å². The Morgan fingerprint density at radius 2 is 1.83 bits per heavy atom. The van der Waals surface area contributed by atoms with Gasteiger partial charge in [-0.05, 0) is 54.3 Å². The molecule has 128 valence electrons. The number of benzene rings is 2. The molecule has 24 heavy (non-hydrogen) atoms. The van der Waals surface area contributed by atoms with Gasteiger partial charge in [0.2, 0.25) is 0 Å². The van der Waals surface area contributed by atoms with Gasteiger partial charge in [0, 0.05) is 5.56 Å². The van der Waals surface area contributed by atoms with E-state index in [1.54, 1.807) is 31.4 Å². The van der Waals surface area contributed by atoms with Gasteiger partial charge in [-0.2, -0.15) is 0 Å². The Morgan fingerprint density at radius 3 is 2.46 bits per heavy atom. The van der Waals surface area contributed by atoms with Crippen LogP contribution in [-0.2, 0) is 0 Å². The first-order chi connectivity index (χ1) is 11.5. The van der Waals surface area contributed by atoms with Crippen LogP contribution in [0.3, 0.4) is 0 Å². The molecule has 0 bridgehead atoms. The molecule has 4 nitrogen and oxygen atoms in total. The van der Waals surface area contributed by atoms with Gasteiger partial charge in [-0.15, -0.1) is 0 Å². The largest absolute Gasteiger partial charge is 0.497 e. The molecule has 2 aromatic carbocycles. The zero-order valence-electron chi connectivity index (χ0n) is 14.8. The Kier molecular flexibility index (Phi) is 6.24. The van der Waals surface area contributed by atoms with Crippen LogP contribution in [0.2, 0.25) is 0 Å². The van der Waals surface area contributed by atoms with Crippen LogP contribution in [0, 0.1) is 6.92 Å². The van der Waals surface area contributed by atoms with E-state index in [1.807, 2.05) is 13.0 Å². The molecule has 0 aromatic heterocycles. The molecule has 0 atom stereocenters. The highest BCUT2D eigenvalue weighted by Crippen LogP contribution is 2.27. The average Bonchev–Trinajstić information content (AvgIpc) is 2.58. The number of hydrogen-bond donors (Lipinski definition) is 1. The van der Waals surface area contributed by atoms with Crippen molar-refractivity contribution in [2.75, 3.05) is 20.3 Å². The molecule has 0 aliphatic heterocycles. The van der Waals surface area contributed by atoms with E-state index in [0.717, 1.165) is 17.1 Å². The summed E-state index contributed by atoms with van der Waals surface area (Å²) in [6, 6.07) is 13.3. The Balaban J connectivity index is 1.86. The Hall–Kier alpha value is -2.49. The third-order valence-corrected chi connectivity index (χ3v) is 3.79. The molecule has 0 aliphatic rings. The predicted octanol–water partition coefficient (Wildman–Crippen LogP) is 3.94. The molecule has 0 aliphatic carbocycles. The van der Waals surface area contributed by atoms with Gasteiger partial charge < -0.3 is 14.8 Å². The smallest absolute Gasteiger partial charge is 0.251 e. The van der Waals surface area contributed by atoms with E-state index in [4.69, 9.17) is 9.47 Å². The van der Waals surface area contributed by atoms with Crippen LogP contribution in [0.25, 0.3) is 0 Å². The lowest BCUT2D eigenvalue weighted by molar-refractivity contribution is 0.0947. The van der Waals surface area contributed by atoms with Gasteiger partial charge in [-0.25, -0.2) is 0 Å². The summed E-state index contributed by atoms with van der Waals surface area (Å²) in [6.45, 7) is 7.22. The van der Waals surface area contributed by atoms with Crippen molar-refractivity contribution in [3.63, 3.8) is 0 Å². The highest BCUT2D eigenvalue weighted by molar-refractivity contribution is 5.94. The number of rotatable bonds is 7. The normalized spacial score (nSPS) is 10.5. The third kappa shape index (κ3) is 4.75. The van der Waals surface area contributed by atoms with Crippen LogP contribution >= 0.6 is 0 Å². The second kappa shape index (κ2) is 8.39. The lowest BCUT2D eigenvalue weighted by Crippen LogP contribution is -2.28. The lowest BCUT2D eigenvalue weighted by atomic mass is 10.0. The molecule has 4 heteroatoms. The molecule has 0 unspecified atom stereocenters. The molecule has 0 fully saturated rings. The summed E-state index contributed by atoms with van der Waals surface area (Å²) in [5.74, 6) is 1.91. The minimum absolute atomic E-state index is 0.116. The van der Waals surface area contributed by atoms with Gasteiger partial charge in [0.25, 0.3) is 5.91 Å². The molecular weight excluding hydrogens is 302 g/mol. The SMILES string of the molecule is COc1ccc(C(=O)NCCOc2cc(C)ccc2C(C)C)cc1. The zero-order valence-corrected chi connectivity index (χ0v) is 14.8. The van der Waals surface area contributed by atoms with E-state index in [-0.39, 0.29) is 5.91 Å². The minimum Gasteiger partial charge on any atom is -0.497 e. The van der Waals surface area contributed by atoms with Crippen LogP contribution in [-0.4, -0.2) is 26.2 Å². The number of aryl methyl sites for hydroxylation is 1. The monoisotopic (exact) mass is 327 g/mol. The van der Waals surface area contributed by atoms with Crippen molar-refractivity contribution in [1.29, 1.82) is 0 Å². The van der Waals surface area contributed by atoms with E-state index < -0.39 is 0 Å². The molecule has 0 heterocycles. The van der Waals surface area contributed by atoms with Gasteiger partial charge >= 0.3 is 0 Å². The Morgan fingerprint density at radius 1 is 1.12 bits per heavy atom. The summed E-state index contributed by atoms with van der Waals surface area (Å²) in [5, 5.41) is 2.87. The lowest BCUT2D eigenvalue weighted by Gasteiger charge is -2.15. The van der Waals surface area contributed by atoms with Crippen molar-refractivity contribution in [3.05, 3.63) is 59.2 Å². The number of carbonyl (C=O) groups is 1. The highest BCUT2D eigenvalue weighted by atomic mass is 16.5. The maximum atomic E-state index is 12.1. The predicted molar refractivity (Wildman–Crippen MR) is 96.1 cm³/mol. The molecule has 2 aromatic rings. The van der Waals surface area contributed by atoms with Crippen molar-refractivity contribution in [2.45, 2.75) is 26.7 Å². The second-order valence-corrected chi connectivity index (χ2v) is 6.03. The van der Waals surface area contributed by atoms with Crippen LogP contribution < -0.4 is 14.8 Å². The minimum atomic E-state index is -0.116. The Labute approximate surface area is 143 Å². The first-order valence-electron chi connectivity index (χ1n) is 8.17. The fraction of sp³-hybridized carbons (Fsp3) is 0.350. The van der Waals surface area contributed by atoms with E-state index in [0.29, 0.717) is 24.6 Å². The van der Waals surface area contributed by atoms with Crippen molar-refractivity contribution in [2.24, 2.45) is 0 Å². The number of nitrogens with one attached hydrogen (secondary N) is 1. The first kappa shape index (κ1) is 17.9. The van der Waals surface area contributed by atoms with Crippen LogP contribution in [0.15, 0.2) is 42.5 Å². The van der Waals surface area contributed by atoms with E-state index in [9.17, 15) is 4.79 Å². The van der Waals surface area contributed by atoms with Gasteiger partial charge in [-0.1, -0.05) is 26.0 Å². The molecule has 0 saturated carbocycles. The average molecular weight is 327 g/mol. The van der Waals surface area contributed by atoms with E-state index in [2.05, 4.69) is 31.3 Å². The molecule has 0 radical (unpaired) electrons. The summed E-state index contributed by atoms with van der Waals surface area (Å²) in [6.07, 6.45) is 0. The van der Waals surface area contributed by atoms with E-state index in [1.165, 1.54) is 5.56 Å². The summed E-state index contributed by atoms with van der Waals surface area (Å²) in [5.41, 5.74) is 2.95. The van der Waals surface area contributed by atoms with Gasteiger partial charge in [0.1, 0.15) is 18.1 Å². The van der Waals surface area contributed by atoms with Gasteiger partial charge in [0.05, 0.1) is 13.7 Å². The fourth-order valence-corrected chi connectivity index (χ4v) is 2.41. The summed E-state index contributed by atoms with van der Waals surface area (Å²) < 4.78 is 11.0. The van der Waals surface area contributed by atoms with Crippen LogP contribution in [0.4, 0.5) is 0 Å². The van der Waals surface area contributed by atoms with Crippen LogP contribution in [0.5, 0.6) is 11.5 Å². The zero-order chi connectivity index (χ0) is 17.5. The first-order valence-corrected chi connectivity index (χ1v) is 8.17. The molecule has 2 rings (SSSR count). The number of amides is 1. The topological polar surface area (TPSA) is 47.6 Å². The quantitative estimate of drug-likeness (QED) is 0.784. The standard InChI is InChI=1S/C20H25NO3/c1-14(2)18-10-5-15(3)13-19(18)24-12-11-21-20(22)16-6-8-17(23-4)9-7-16/h5-10,13-14H,11-12H2,1-4H3,(H,21,22). The molecule has 1 N–H and O–H groups in total. The number of ether oxygens (including phenoxy) is 2. The molecular formula is C20H25NO3. The molecule has 0 saturated heterocycles. The highest BCUT2D eigenvalue weighted by Gasteiger charge is 2.09. The Bertz CT molecular complexity index is 678. The summed E-state index contributed by atoms with van der Waals surface area (Å²) >= 11 is 0. The van der Waals surface area contributed by atoms with Crippen molar-refractivity contribution < 1.29 is 14.3 Å². The maximum Gasteiger partial charge on any atom is 0.251 e. The van der Waals surface area contributed by atoms with E-state index >= 15 is 0 Å². The van der Waals surface area contributed by atoms with Crippen molar-refractivity contribution >= 4 is 5.91 Å². The van der Waals surface area contributed by atoms with Crippen molar-refractivity contribution in [1.82, 2.24) is 5.32 Å². The summed E-state index contributed by atoms with van der Waals surface area (Å²) in [4.78, 5) is 12.1. The molecule has 0 spiro atoms. The maximum absolute atomic E-state index is 12.1. The van der Waals surface area contributed by atoms with Gasteiger partial charge in [-0.3, -0.25) is 4.79 Å². The number of carbonyl (C=O) groups excluding carboxylic acids is 1. The van der Waals surface area contributed by atoms with Crippen molar-refractivity contribution in [3.8, 4) is 11.5 Å². The summed E-state index contributed by atoms with van der Waals surface area (Å²) in [7, 11) is 1.60. The number of methoxy groups -OCH3 is 1. The third-order valence-electron chi connectivity index (χ3n) is 3.79. The second-order valence-electron chi connectivity index (χ2n) is 6.03. The fourth-order valence-electron chi connectivity index (χ4n) is 2.41. The number of hydrogen-bond acceptors (Lipinski definition) is 3.